The first-order valence-corrected chi connectivity index (χ1v) is 5.13. The van der Waals surface area contributed by atoms with Crippen LogP contribution in [-0.2, 0) is 19.2 Å². The van der Waals surface area contributed by atoms with Gasteiger partial charge in [0.05, 0.1) is 19.2 Å². The molecule has 0 heterocycles. The van der Waals surface area contributed by atoms with Gasteiger partial charge in [-0.15, -0.1) is 0 Å². The van der Waals surface area contributed by atoms with Crippen molar-refractivity contribution in [2.75, 3.05) is 14.2 Å². The van der Waals surface area contributed by atoms with E-state index in [4.69, 9.17) is 5.73 Å². The van der Waals surface area contributed by atoms with Gasteiger partial charge in [-0.3, -0.25) is 14.4 Å². The number of carbonyl (C=O) groups excluding carboxylic acids is 3. The van der Waals surface area contributed by atoms with Gasteiger partial charge in [0.2, 0.25) is 11.7 Å². The molecular formula is C11H18N3O4+. The molecule has 7 nitrogen and oxygen atoms in total. The fourth-order valence-corrected chi connectivity index (χ4v) is 1.45. The van der Waals surface area contributed by atoms with Gasteiger partial charge >= 0.3 is 0 Å². The van der Waals surface area contributed by atoms with Crippen LogP contribution in [0.1, 0.15) is 13.3 Å². The van der Waals surface area contributed by atoms with Crippen molar-refractivity contribution in [1.29, 1.82) is 0 Å². The lowest BCUT2D eigenvalue weighted by atomic mass is 9.92. The largest absolute Gasteiger partial charge is 0.385 e. The van der Waals surface area contributed by atoms with E-state index in [-0.39, 0.29) is 29.3 Å². The molecule has 0 aromatic carbocycles. The standard InChI is InChI=1S/C10H12N2O3.CH6NO/c1-5-3-7(13)9(12-2)6(10(5)15)4-8(11)14;1-3-2/h3,12H,4H2,1-2H3,(H2,11,14);1-2H3/q;+1. The molecule has 1 amide bonds. The van der Waals surface area contributed by atoms with Crippen LogP contribution in [0, 0.1) is 0 Å². The van der Waals surface area contributed by atoms with E-state index < -0.39 is 5.91 Å². The average Bonchev–Trinajstić information content (AvgIpc) is 2.26. The number of primary amides is 1. The number of nitrogens with one attached hydrogen (secondary N) is 1. The first-order chi connectivity index (χ1) is 8.38. The summed E-state index contributed by atoms with van der Waals surface area (Å²) in [6, 6.07) is 0. The number of allylic oxidation sites excluding steroid dienone is 2. The Balaban J connectivity index is 0.000000873. The summed E-state index contributed by atoms with van der Waals surface area (Å²) >= 11 is 0. The fraction of sp³-hybridized carbons (Fsp3) is 0.364. The van der Waals surface area contributed by atoms with E-state index >= 15 is 0 Å². The first kappa shape index (κ1) is 16.0. The van der Waals surface area contributed by atoms with Crippen LogP contribution in [0.4, 0.5) is 0 Å². The predicted molar refractivity (Wildman–Crippen MR) is 63.6 cm³/mol. The van der Waals surface area contributed by atoms with E-state index in [9.17, 15) is 14.4 Å². The van der Waals surface area contributed by atoms with Crippen LogP contribution in [0.2, 0.25) is 0 Å². The molecule has 0 saturated carbocycles. The number of carbonyl (C=O) groups is 3. The van der Waals surface area contributed by atoms with Gasteiger partial charge in [0.25, 0.3) is 0 Å². The summed E-state index contributed by atoms with van der Waals surface area (Å²) in [4.78, 5) is 37.9. The number of rotatable bonds is 3. The third kappa shape index (κ3) is 4.11. The van der Waals surface area contributed by atoms with E-state index in [0.717, 1.165) is 0 Å². The van der Waals surface area contributed by atoms with Crippen molar-refractivity contribution in [3.8, 4) is 0 Å². The molecule has 0 aromatic heterocycles. The summed E-state index contributed by atoms with van der Waals surface area (Å²) in [5, 5.41) is 2.62. The minimum Gasteiger partial charge on any atom is -0.385 e. The van der Waals surface area contributed by atoms with Gasteiger partial charge in [0.1, 0.15) is 0 Å². The Morgan fingerprint density at radius 3 is 2.39 bits per heavy atom. The van der Waals surface area contributed by atoms with Crippen molar-refractivity contribution in [3.63, 3.8) is 0 Å². The van der Waals surface area contributed by atoms with Gasteiger partial charge in [-0.25, -0.2) is 10.7 Å². The topological polar surface area (TPSA) is 126 Å². The molecule has 100 valence electrons. The van der Waals surface area contributed by atoms with Gasteiger partial charge in [-0.2, -0.15) is 0 Å². The molecule has 0 radical (unpaired) electrons. The van der Waals surface area contributed by atoms with Crippen LogP contribution >= 0.6 is 0 Å². The molecule has 1 aliphatic carbocycles. The molecule has 18 heavy (non-hydrogen) atoms. The Bertz CT molecular complexity index is 424. The Labute approximate surface area is 105 Å². The van der Waals surface area contributed by atoms with Gasteiger partial charge in [-0.05, 0) is 13.0 Å². The van der Waals surface area contributed by atoms with Crippen LogP contribution in [-0.4, -0.2) is 31.6 Å². The molecule has 1 aliphatic rings. The molecule has 0 fully saturated rings. The third-order valence-electron chi connectivity index (χ3n) is 2.13. The molecule has 0 atom stereocenters. The number of ketones is 2. The molecule has 0 unspecified atom stereocenters. The fourth-order valence-electron chi connectivity index (χ4n) is 1.45. The van der Waals surface area contributed by atoms with Crippen molar-refractivity contribution >= 4 is 17.5 Å². The molecule has 1 rings (SSSR count). The Hall–Kier alpha value is -1.99. The Morgan fingerprint density at radius 1 is 1.50 bits per heavy atom. The summed E-state index contributed by atoms with van der Waals surface area (Å²) in [6.07, 6.45) is 1.03. The lowest BCUT2D eigenvalue weighted by Gasteiger charge is -2.15. The SMILES string of the molecule is CNC1=C(CC(N)=O)C(=O)C(C)=CC1=O.CO[NH3+]. The number of likely N-dealkylation sites (N-methyl/N-ethyl adjacent to an activating group) is 1. The van der Waals surface area contributed by atoms with Gasteiger partial charge in [0.15, 0.2) is 5.78 Å². The number of hydrogen-bond acceptors (Lipinski definition) is 5. The van der Waals surface area contributed by atoms with Crippen LogP contribution in [0.5, 0.6) is 0 Å². The maximum Gasteiger partial charge on any atom is 0.222 e. The number of nitrogens with two attached hydrogens (primary N) is 1. The molecule has 0 spiro atoms. The van der Waals surface area contributed by atoms with Crippen molar-refractivity contribution in [2.24, 2.45) is 5.73 Å². The summed E-state index contributed by atoms with van der Waals surface area (Å²) in [6.45, 7) is 1.54. The van der Waals surface area contributed by atoms with E-state index in [1.165, 1.54) is 27.2 Å². The first-order valence-electron chi connectivity index (χ1n) is 5.13. The van der Waals surface area contributed by atoms with Crippen molar-refractivity contribution in [1.82, 2.24) is 5.32 Å². The van der Waals surface area contributed by atoms with E-state index in [1.54, 1.807) is 0 Å². The van der Waals surface area contributed by atoms with Crippen LogP contribution in [0.15, 0.2) is 22.9 Å². The quantitative estimate of drug-likeness (QED) is 0.406. The zero-order chi connectivity index (χ0) is 14.3. The highest BCUT2D eigenvalue weighted by Crippen LogP contribution is 2.19. The minimum atomic E-state index is -0.631. The van der Waals surface area contributed by atoms with E-state index in [1.807, 2.05) is 0 Å². The minimum absolute atomic E-state index is 0.148. The summed E-state index contributed by atoms with van der Waals surface area (Å²) in [5.41, 5.74) is 5.64. The van der Waals surface area contributed by atoms with E-state index in [0.29, 0.717) is 5.57 Å². The monoisotopic (exact) mass is 256 g/mol. The highest BCUT2D eigenvalue weighted by Gasteiger charge is 2.26. The second-order valence-corrected chi connectivity index (χ2v) is 3.56. The summed E-state index contributed by atoms with van der Waals surface area (Å²) < 4.78 is 0. The number of quaternary nitrogens is 1. The normalized spacial score (nSPS) is 14.8. The molecule has 0 bridgehead atoms. The van der Waals surface area contributed by atoms with Gasteiger partial charge in [0, 0.05) is 18.2 Å². The van der Waals surface area contributed by atoms with Crippen LogP contribution in [0.25, 0.3) is 0 Å². The third-order valence-corrected chi connectivity index (χ3v) is 2.13. The molecule has 0 aromatic rings. The zero-order valence-corrected chi connectivity index (χ0v) is 10.7. The summed E-state index contributed by atoms with van der Waals surface area (Å²) in [5.74, 6) is 1.75. The number of amides is 1. The highest BCUT2D eigenvalue weighted by molar-refractivity contribution is 6.23. The molecule has 7 heteroatoms. The van der Waals surface area contributed by atoms with Crippen LogP contribution in [0.3, 0.4) is 0 Å². The van der Waals surface area contributed by atoms with Gasteiger partial charge < -0.3 is 11.1 Å². The second-order valence-electron chi connectivity index (χ2n) is 3.56. The molecule has 0 aliphatic heterocycles. The van der Waals surface area contributed by atoms with Crippen molar-refractivity contribution < 1.29 is 25.1 Å². The molecule has 0 saturated heterocycles. The number of hydrogen-bond donors (Lipinski definition) is 3. The van der Waals surface area contributed by atoms with Gasteiger partial charge in [-0.1, -0.05) is 0 Å². The van der Waals surface area contributed by atoms with Crippen molar-refractivity contribution in [2.45, 2.75) is 13.3 Å². The van der Waals surface area contributed by atoms with E-state index in [2.05, 4.69) is 16.1 Å². The predicted octanol–water partition coefficient (Wildman–Crippen LogP) is -1.78. The smallest absolute Gasteiger partial charge is 0.222 e. The molecule has 6 N–H and O–H groups in total. The second kappa shape index (κ2) is 7.36. The zero-order valence-electron chi connectivity index (χ0n) is 10.7. The maximum atomic E-state index is 11.6. The highest BCUT2D eigenvalue weighted by atomic mass is 16.6. The Kier molecular flexibility index (Phi) is 6.54. The molecular weight excluding hydrogens is 238 g/mol. The Morgan fingerprint density at radius 2 is 2.00 bits per heavy atom. The maximum absolute atomic E-state index is 11.6. The van der Waals surface area contributed by atoms with Crippen molar-refractivity contribution in [3.05, 3.63) is 22.9 Å². The number of Topliss-reactive ketones (excluding diaryl/α,β-unsaturated/α-hetero) is 1. The lowest BCUT2D eigenvalue weighted by Crippen LogP contribution is -2.46. The lowest BCUT2D eigenvalue weighted by molar-refractivity contribution is -0.679. The van der Waals surface area contributed by atoms with Crippen LogP contribution < -0.4 is 16.9 Å². The summed E-state index contributed by atoms with van der Waals surface area (Å²) in [7, 11) is 3.04. The average molecular weight is 256 g/mol.